The van der Waals surface area contributed by atoms with Crippen molar-refractivity contribution in [3.8, 4) is 11.5 Å². The van der Waals surface area contributed by atoms with Gasteiger partial charge >= 0.3 is 5.97 Å². The quantitative estimate of drug-likeness (QED) is 0.320. The van der Waals surface area contributed by atoms with Crippen molar-refractivity contribution in [2.75, 3.05) is 23.4 Å². The van der Waals surface area contributed by atoms with Crippen molar-refractivity contribution >= 4 is 39.9 Å². The Morgan fingerprint density at radius 1 is 0.895 bits per heavy atom. The fourth-order valence-electron chi connectivity index (χ4n) is 4.66. The van der Waals surface area contributed by atoms with Gasteiger partial charge in [0.15, 0.2) is 6.61 Å². The maximum Gasteiger partial charge on any atom is 0.311 e. The van der Waals surface area contributed by atoms with E-state index in [4.69, 9.17) is 9.47 Å². The Labute approximate surface area is 221 Å². The third-order valence-corrected chi connectivity index (χ3v) is 6.68. The Bertz CT molecular complexity index is 1490. The number of fused-ring (bicyclic) bond motifs is 1. The van der Waals surface area contributed by atoms with E-state index in [9.17, 15) is 14.4 Å². The third-order valence-electron chi connectivity index (χ3n) is 6.68. The molecule has 0 bridgehead atoms. The van der Waals surface area contributed by atoms with E-state index >= 15 is 0 Å². The van der Waals surface area contributed by atoms with Crippen LogP contribution in [-0.4, -0.2) is 30.9 Å². The largest absolute Gasteiger partial charge is 0.457 e. The Morgan fingerprint density at radius 2 is 1.58 bits per heavy atom. The van der Waals surface area contributed by atoms with E-state index in [1.54, 1.807) is 29.2 Å². The van der Waals surface area contributed by atoms with Crippen molar-refractivity contribution in [2.45, 2.75) is 20.3 Å². The number of anilines is 2. The highest BCUT2D eigenvalue weighted by Crippen LogP contribution is 2.32. The zero-order valence-electron chi connectivity index (χ0n) is 21.3. The van der Waals surface area contributed by atoms with Crippen LogP contribution in [0.3, 0.4) is 0 Å². The number of carbonyl (C=O) groups excluding carboxylic acids is 3. The first-order chi connectivity index (χ1) is 18.4. The van der Waals surface area contributed by atoms with Crippen LogP contribution in [0.4, 0.5) is 11.4 Å². The van der Waals surface area contributed by atoms with E-state index < -0.39 is 24.4 Å². The molecule has 0 saturated carbocycles. The highest BCUT2D eigenvalue weighted by Gasteiger charge is 2.36. The molecule has 7 heteroatoms. The summed E-state index contributed by atoms with van der Waals surface area (Å²) in [5.74, 6) is -0.399. The van der Waals surface area contributed by atoms with Gasteiger partial charge in [-0.15, -0.1) is 0 Å². The average molecular weight is 509 g/mol. The van der Waals surface area contributed by atoms with Crippen molar-refractivity contribution in [3.63, 3.8) is 0 Å². The predicted molar refractivity (Wildman–Crippen MR) is 146 cm³/mol. The van der Waals surface area contributed by atoms with E-state index in [1.165, 1.54) is 0 Å². The maximum atomic E-state index is 12.7. The summed E-state index contributed by atoms with van der Waals surface area (Å²) in [6.45, 7) is 3.59. The number of benzene rings is 4. The summed E-state index contributed by atoms with van der Waals surface area (Å²) >= 11 is 0. The van der Waals surface area contributed by atoms with Crippen molar-refractivity contribution in [2.24, 2.45) is 5.92 Å². The van der Waals surface area contributed by atoms with Crippen LogP contribution in [0.25, 0.3) is 10.8 Å². The highest BCUT2D eigenvalue weighted by atomic mass is 16.5. The van der Waals surface area contributed by atoms with Gasteiger partial charge < -0.3 is 19.7 Å². The second-order valence-electron chi connectivity index (χ2n) is 9.40. The number of nitrogens with one attached hydrogen (secondary N) is 1. The van der Waals surface area contributed by atoms with E-state index in [0.29, 0.717) is 17.1 Å². The molecule has 38 heavy (non-hydrogen) atoms. The van der Waals surface area contributed by atoms with E-state index in [0.717, 1.165) is 27.6 Å². The third kappa shape index (κ3) is 5.37. The fraction of sp³-hybridized carbons (Fsp3) is 0.194. The Kier molecular flexibility index (Phi) is 7.09. The normalized spacial score (nSPS) is 14.9. The summed E-state index contributed by atoms with van der Waals surface area (Å²) in [5, 5.41) is 4.89. The van der Waals surface area contributed by atoms with Crippen LogP contribution in [0.5, 0.6) is 11.5 Å². The van der Waals surface area contributed by atoms with Crippen LogP contribution in [0.2, 0.25) is 0 Å². The standard InChI is InChI=1S/C31H28N2O5/c1-20-7-5-8-21(2)30(20)32-28(34)19-37-31(36)23-17-29(35)33(18-23)24-13-15-25(16-14-24)38-27-12-6-10-22-9-3-4-11-26(22)27/h3-16,23H,17-19H2,1-2H3,(H,32,34)/t23-/m1/s1. The number of carbonyl (C=O) groups is 3. The van der Waals surface area contributed by atoms with Gasteiger partial charge in [0.1, 0.15) is 11.5 Å². The average Bonchev–Trinajstić information content (AvgIpc) is 3.32. The number of amides is 2. The molecule has 0 radical (unpaired) electrons. The molecule has 4 aromatic rings. The van der Waals surface area contributed by atoms with Crippen molar-refractivity contribution in [1.29, 1.82) is 0 Å². The fourth-order valence-corrected chi connectivity index (χ4v) is 4.66. The molecular formula is C31H28N2O5. The number of ether oxygens (including phenoxy) is 2. The molecule has 1 saturated heterocycles. The molecule has 1 N–H and O–H groups in total. The first-order valence-electron chi connectivity index (χ1n) is 12.5. The van der Waals surface area contributed by atoms with Gasteiger partial charge in [0, 0.05) is 29.7 Å². The summed E-state index contributed by atoms with van der Waals surface area (Å²) in [6.07, 6.45) is 0.0333. The highest BCUT2D eigenvalue weighted by molar-refractivity contribution is 6.00. The Hall–Kier alpha value is -4.65. The molecule has 0 unspecified atom stereocenters. The molecule has 2 amide bonds. The zero-order valence-corrected chi connectivity index (χ0v) is 21.3. The first-order valence-corrected chi connectivity index (χ1v) is 12.5. The van der Waals surface area contributed by atoms with Crippen molar-refractivity contribution < 1.29 is 23.9 Å². The van der Waals surface area contributed by atoms with Gasteiger partial charge in [0.2, 0.25) is 5.91 Å². The molecule has 1 aliphatic rings. The number of hydrogen-bond donors (Lipinski definition) is 1. The summed E-state index contributed by atoms with van der Waals surface area (Å²) in [7, 11) is 0. The van der Waals surface area contributed by atoms with E-state index in [-0.39, 0.29) is 18.9 Å². The summed E-state index contributed by atoms with van der Waals surface area (Å²) in [5.41, 5.74) is 3.23. The molecular weight excluding hydrogens is 480 g/mol. The van der Waals surface area contributed by atoms with Crippen molar-refractivity contribution in [1.82, 2.24) is 0 Å². The number of aryl methyl sites for hydroxylation is 2. The van der Waals surface area contributed by atoms with Crippen LogP contribution in [0.1, 0.15) is 17.5 Å². The molecule has 0 aromatic heterocycles. The molecule has 0 aliphatic carbocycles. The summed E-state index contributed by atoms with van der Waals surface area (Å²) < 4.78 is 11.3. The molecule has 1 fully saturated rings. The lowest BCUT2D eigenvalue weighted by Crippen LogP contribution is -2.28. The van der Waals surface area contributed by atoms with Gasteiger partial charge in [0.05, 0.1) is 5.92 Å². The number of hydrogen-bond acceptors (Lipinski definition) is 5. The Balaban J connectivity index is 1.17. The lowest BCUT2D eigenvalue weighted by atomic mass is 10.1. The van der Waals surface area contributed by atoms with Gasteiger partial charge in [-0.25, -0.2) is 0 Å². The van der Waals surface area contributed by atoms with E-state index in [2.05, 4.69) is 5.32 Å². The molecule has 0 spiro atoms. The minimum Gasteiger partial charge on any atom is -0.457 e. The second-order valence-corrected chi connectivity index (χ2v) is 9.40. The minimum atomic E-state index is -0.637. The van der Waals surface area contributed by atoms with Crippen LogP contribution in [0.15, 0.2) is 84.9 Å². The minimum absolute atomic E-state index is 0.0333. The van der Waals surface area contributed by atoms with Crippen LogP contribution in [0, 0.1) is 19.8 Å². The summed E-state index contributed by atoms with van der Waals surface area (Å²) in [6, 6.07) is 26.8. The van der Waals surface area contributed by atoms with Gasteiger partial charge in [-0.05, 0) is 60.7 Å². The number of esters is 1. The number of rotatable bonds is 7. The van der Waals surface area contributed by atoms with Gasteiger partial charge in [-0.3, -0.25) is 14.4 Å². The number of para-hydroxylation sites is 1. The van der Waals surface area contributed by atoms with Crippen LogP contribution >= 0.6 is 0 Å². The summed E-state index contributed by atoms with van der Waals surface area (Å²) in [4.78, 5) is 39.2. The molecule has 1 aliphatic heterocycles. The molecule has 4 aromatic carbocycles. The predicted octanol–water partition coefficient (Wildman–Crippen LogP) is 5.78. The van der Waals surface area contributed by atoms with Gasteiger partial charge in [-0.2, -0.15) is 0 Å². The molecule has 1 atom stereocenters. The van der Waals surface area contributed by atoms with E-state index in [1.807, 2.05) is 74.5 Å². The SMILES string of the molecule is Cc1cccc(C)c1NC(=O)COC(=O)[C@@H]1CC(=O)N(c2ccc(Oc3cccc4ccccc34)cc2)C1. The number of nitrogens with zero attached hydrogens (tertiary/aromatic N) is 1. The van der Waals surface area contributed by atoms with Crippen LogP contribution in [-0.2, 0) is 19.1 Å². The lowest BCUT2D eigenvalue weighted by Gasteiger charge is -2.17. The van der Waals surface area contributed by atoms with Crippen LogP contribution < -0.4 is 15.0 Å². The maximum absolute atomic E-state index is 12.7. The Morgan fingerprint density at radius 3 is 2.34 bits per heavy atom. The topological polar surface area (TPSA) is 84.9 Å². The smallest absolute Gasteiger partial charge is 0.311 e. The molecule has 5 rings (SSSR count). The monoisotopic (exact) mass is 508 g/mol. The molecule has 7 nitrogen and oxygen atoms in total. The molecule has 1 heterocycles. The van der Waals surface area contributed by atoms with Gasteiger partial charge in [0.25, 0.3) is 5.91 Å². The lowest BCUT2D eigenvalue weighted by molar-refractivity contribution is -0.151. The first kappa shape index (κ1) is 25.0. The second kappa shape index (κ2) is 10.8. The molecule has 192 valence electrons. The van der Waals surface area contributed by atoms with Crippen molar-refractivity contribution in [3.05, 3.63) is 96.1 Å². The zero-order chi connectivity index (χ0) is 26.6. The van der Waals surface area contributed by atoms with Gasteiger partial charge in [-0.1, -0.05) is 54.6 Å².